The molecule has 0 bridgehead atoms. The minimum atomic E-state index is -5.88. The van der Waals surface area contributed by atoms with Crippen LogP contribution in [0.5, 0.6) is 0 Å². The molecule has 0 radical (unpaired) electrons. The Morgan fingerprint density at radius 1 is 0.290 bits per heavy atom. The molecular weight excluding hydrogens is 1630 g/mol. The van der Waals surface area contributed by atoms with Crippen molar-refractivity contribution in [1.29, 1.82) is 0 Å². The van der Waals surface area contributed by atoms with Crippen LogP contribution < -0.4 is 5.73 Å². The number of hydrogen-bond donors (Lipinski definition) is 8. The first-order valence-electron chi connectivity index (χ1n) is 30.5. The van der Waals surface area contributed by atoms with Gasteiger partial charge < -0.3 is 115 Å². The van der Waals surface area contributed by atoms with E-state index in [0.717, 1.165) is 7.11 Å². The summed E-state index contributed by atoms with van der Waals surface area (Å²) < 4.78 is 300. The molecule has 30 atom stereocenters. The lowest BCUT2D eigenvalue weighted by molar-refractivity contribution is -0.437. The monoisotopic (exact) mass is 1720 g/mol. The molecule has 107 heavy (non-hydrogen) atoms. The first kappa shape index (κ1) is 95.3. The Morgan fingerprint density at radius 3 is 0.841 bits per heavy atom. The molecule has 6 rings (SSSR count). The standard InChI is InChI=1S/C48H87NO51S7/c1-63-14-20-26(32(67-5)37(70-8)43(74-12)78-20)85-45-40(73-11)34(69-7)28(22(80-45)16-65-3)86-46-39(72-10)33(68-6)27(21(79-46)15-64-2)84-44-38(71-9)31(66-4)25(19(13-49)77-44)83-48-42(92-107(60,61)62)35(89-102-98-94-51)29(23(81-48)17-75-105(54,55)56)87-47-41(91-104-100-96-53)36(90-103-99-95-52)30(88-101-97-93-50)24(82-47)18-76-106(57,58)59/h19-48,50-53H,13-18,49H2,1-12H3,(H,54,55,56)(H,57,58,59)(H,60,61,62)/t19?,20-,21?,22-,23?,24?,25+,26+,27+,28+,29+,30+,31+,32?,33-,34?,35?,36?,37?,38?,39?,40?,41?,42?,43+,44-,45+,46-,47+,48-/m0/s1. The molecule has 0 saturated carbocycles. The summed E-state index contributed by atoms with van der Waals surface area (Å²) in [6, 6.07) is 0. The highest BCUT2D eigenvalue weighted by Gasteiger charge is 2.62. The predicted molar refractivity (Wildman–Crippen MR) is 335 cm³/mol. The number of rotatable bonds is 50. The van der Waals surface area contributed by atoms with Crippen LogP contribution >= 0.6 is 49.3 Å². The van der Waals surface area contributed by atoms with Crippen LogP contribution in [0.1, 0.15) is 0 Å². The van der Waals surface area contributed by atoms with Crippen molar-refractivity contribution in [3.63, 3.8) is 0 Å². The van der Waals surface area contributed by atoms with Crippen LogP contribution in [0.25, 0.3) is 0 Å². The SMILES string of the molecule is COCC1O[C@@H](O[C@H]2C(OC)C(OC)[C@@H](O[C@H]3C(OC)C(OC)[C@H](OC)O[C@H]3COC)O[C@H]2COC)C(OC)[C@@H](OC)[C@@H]1O[C@@H]1OC(CN)[C@@H](O[C@@H]2OC(COS(=O)(=O)O)[C@@H](O[C@H]3OC(COS(=O)(=O)O)[C@@H](OSOOO)C(OSOOO)C3OSOOO)C(OSOOO)C2OS(=O)(=O)O)[C@@H](OC)C1OC. The molecule has 59 heteroatoms. The van der Waals surface area contributed by atoms with E-state index in [1.807, 2.05) is 0 Å². The maximum Gasteiger partial charge on any atom is 0.397 e. The van der Waals surface area contributed by atoms with Gasteiger partial charge in [0, 0.05) is 91.9 Å². The van der Waals surface area contributed by atoms with Gasteiger partial charge in [0.25, 0.3) is 0 Å². The van der Waals surface area contributed by atoms with Crippen molar-refractivity contribution in [3.8, 4) is 0 Å². The molecule has 6 heterocycles. The summed E-state index contributed by atoms with van der Waals surface area (Å²) in [5, 5.41) is 50.3. The number of ether oxygens (including phenoxy) is 23. The molecule has 6 aliphatic rings. The van der Waals surface area contributed by atoms with E-state index in [1.165, 1.54) is 78.2 Å². The predicted octanol–water partition coefficient (Wildman–Crippen LogP) is -2.77. The summed E-state index contributed by atoms with van der Waals surface area (Å²) in [7, 11) is -0.515. The maximum atomic E-state index is 13.1. The summed E-state index contributed by atoms with van der Waals surface area (Å²) in [6.45, 7) is -3.80. The van der Waals surface area contributed by atoms with Gasteiger partial charge in [-0.2, -0.15) is 25.3 Å². The highest BCUT2D eigenvalue weighted by atomic mass is 32.3. The van der Waals surface area contributed by atoms with Crippen LogP contribution in [0, 0.1) is 0 Å². The van der Waals surface area contributed by atoms with Gasteiger partial charge in [0.2, 0.25) is 0 Å². The highest BCUT2D eigenvalue weighted by molar-refractivity contribution is 7.90. The summed E-state index contributed by atoms with van der Waals surface area (Å²) >= 11 is -1.18. The lowest BCUT2D eigenvalue weighted by Gasteiger charge is -2.52. The van der Waals surface area contributed by atoms with Crippen LogP contribution in [-0.2, 0) is 207 Å². The first-order chi connectivity index (χ1) is 51.2. The zero-order valence-corrected chi connectivity index (χ0v) is 63.8. The van der Waals surface area contributed by atoms with Gasteiger partial charge in [-0.1, -0.05) is 20.2 Å². The van der Waals surface area contributed by atoms with Crippen LogP contribution in [0.15, 0.2) is 0 Å². The van der Waals surface area contributed by atoms with E-state index in [9.17, 15) is 44.2 Å². The van der Waals surface area contributed by atoms with Crippen molar-refractivity contribution >= 4 is 80.5 Å². The number of methoxy groups -OCH3 is 12. The Balaban J connectivity index is 1.35. The van der Waals surface area contributed by atoms with Crippen molar-refractivity contribution in [2.45, 2.75) is 184 Å². The fourth-order valence-corrected chi connectivity index (χ4v) is 14.9. The van der Waals surface area contributed by atoms with Crippen LogP contribution in [-0.4, -0.2) is 369 Å². The van der Waals surface area contributed by atoms with Crippen LogP contribution in [0.3, 0.4) is 0 Å². The van der Waals surface area contributed by atoms with Gasteiger partial charge >= 0.3 is 31.2 Å². The molecule has 0 aromatic heterocycles. The minimum Gasteiger partial charge on any atom is -0.382 e. The van der Waals surface area contributed by atoms with Crippen molar-refractivity contribution < 1.29 is 236 Å². The Bertz CT molecular complexity index is 2820. The molecular formula is C48H87NO51S7. The molecule has 0 aromatic rings. The van der Waals surface area contributed by atoms with Gasteiger partial charge in [-0.15, -0.1) is 17.3 Å². The normalized spacial score (nSPS) is 38.4. The van der Waals surface area contributed by atoms with E-state index in [-0.39, 0.29) is 69.1 Å². The third-order valence-electron chi connectivity index (χ3n) is 16.5. The van der Waals surface area contributed by atoms with E-state index in [2.05, 4.69) is 41.7 Å². The summed E-state index contributed by atoms with van der Waals surface area (Å²) in [5.74, 6) is 0. The average Bonchev–Trinajstić information content (AvgIpc) is 0.762. The molecule has 6 fully saturated rings. The summed E-state index contributed by atoms with van der Waals surface area (Å²) in [4.78, 5) is 0. The fraction of sp³-hybridized carbons (Fsp3) is 1.00. The molecule has 14 unspecified atom stereocenters. The Kier molecular flexibility index (Phi) is 42.4. The second-order valence-electron chi connectivity index (χ2n) is 22.2. The third kappa shape index (κ3) is 26.7. The zero-order valence-electron chi connectivity index (χ0n) is 58.1. The van der Waals surface area contributed by atoms with Crippen LogP contribution in [0.2, 0.25) is 0 Å². The van der Waals surface area contributed by atoms with E-state index in [1.54, 1.807) is 0 Å². The van der Waals surface area contributed by atoms with Gasteiger partial charge in [0.05, 0.1) is 33.0 Å². The fourth-order valence-electron chi connectivity index (χ4n) is 12.3. The molecule has 0 spiro atoms. The molecule has 632 valence electrons. The molecule has 0 aliphatic carbocycles. The topological polar surface area (TPSA) is 621 Å². The van der Waals surface area contributed by atoms with E-state index < -0.39 is 235 Å². The van der Waals surface area contributed by atoms with Crippen molar-refractivity contribution in [1.82, 2.24) is 0 Å². The first-order valence-corrected chi connectivity index (χ1v) is 37.2. The van der Waals surface area contributed by atoms with Gasteiger partial charge in [0.15, 0.2) is 99.2 Å². The zero-order chi connectivity index (χ0) is 78.8. The largest absolute Gasteiger partial charge is 0.397 e. The van der Waals surface area contributed by atoms with Crippen LogP contribution in [0.4, 0.5) is 0 Å². The maximum absolute atomic E-state index is 13.1. The lowest BCUT2D eigenvalue weighted by atomic mass is 9.94. The minimum absolute atomic E-state index is 0.0258. The molecule has 0 amide bonds. The van der Waals surface area contributed by atoms with Crippen molar-refractivity contribution in [3.05, 3.63) is 0 Å². The molecule has 0 aromatic carbocycles. The molecule has 9 N–H and O–H groups in total. The average molecular weight is 1720 g/mol. The molecule has 6 saturated heterocycles. The smallest absolute Gasteiger partial charge is 0.382 e. The lowest BCUT2D eigenvalue weighted by Crippen LogP contribution is -2.69. The highest BCUT2D eigenvalue weighted by Crippen LogP contribution is 2.43. The van der Waals surface area contributed by atoms with Gasteiger partial charge in [-0.3, -0.25) is 30.4 Å². The van der Waals surface area contributed by atoms with Gasteiger partial charge in [-0.25, -0.2) is 33.6 Å². The summed E-state index contributed by atoms with van der Waals surface area (Å²) in [6.07, 6.45) is -47.1. The van der Waals surface area contributed by atoms with E-state index in [4.69, 9.17) is 156 Å². The van der Waals surface area contributed by atoms with Gasteiger partial charge in [0.1, 0.15) is 134 Å². The second-order valence-corrected chi connectivity index (χ2v) is 27.3. The summed E-state index contributed by atoms with van der Waals surface area (Å²) in [5.41, 5.74) is 6.41. The van der Waals surface area contributed by atoms with E-state index >= 15 is 0 Å². The Hall–Kier alpha value is -0.590. The van der Waals surface area contributed by atoms with Crippen molar-refractivity contribution in [2.24, 2.45) is 5.73 Å². The molecule has 52 nitrogen and oxygen atoms in total. The third-order valence-corrected chi connectivity index (χ3v) is 19.5. The Labute approximate surface area is 628 Å². The quantitative estimate of drug-likeness (QED) is 0.0100. The number of nitrogens with two attached hydrogens (primary N) is 1. The van der Waals surface area contributed by atoms with Gasteiger partial charge in [-0.05, 0) is 0 Å². The number of hydrogen-bond acceptors (Lipinski definition) is 53. The molecule has 6 aliphatic heterocycles. The Morgan fingerprint density at radius 2 is 0.542 bits per heavy atom. The second kappa shape index (κ2) is 47.6. The van der Waals surface area contributed by atoms with Crippen molar-refractivity contribution in [2.75, 3.05) is 125 Å². The van der Waals surface area contributed by atoms with E-state index in [0.29, 0.717) is 0 Å².